The Balaban J connectivity index is 2.04. The van der Waals surface area contributed by atoms with Crippen LogP contribution >= 0.6 is 0 Å². The minimum atomic E-state index is -0.140. The average molecular weight is 255 g/mol. The highest BCUT2D eigenvalue weighted by Gasteiger charge is 2.25. The molecule has 1 aliphatic heterocycles. The van der Waals surface area contributed by atoms with Crippen molar-refractivity contribution in [3.05, 3.63) is 48.2 Å². The smallest absolute Gasteiger partial charge is 0.263 e. The highest BCUT2D eigenvalue weighted by molar-refractivity contribution is 6.08. The van der Waals surface area contributed by atoms with Crippen LogP contribution in [0.4, 0.5) is 11.4 Å². The summed E-state index contributed by atoms with van der Waals surface area (Å²) >= 11 is 0. The summed E-state index contributed by atoms with van der Waals surface area (Å²) in [6.45, 7) is 0.893. The van der Waals surface area contributed by atoms with Crippen LogP contribution in [0.5, 0.6) is 5.88 Å². The van der Waals surface area contributed by atoms with E-state index in [0.29, 0.717) is 30.3 Å². The largest absolute Gasteiger partial charge is 0.475 e. The molecule has 19 heavy (non-hydrogen) atoms. The summed E-state index contributed by atoms with van der Waals surface area (Å²) in [7, 11) is 0. The lowest BCUT2D eigenvalue weighted by Crippen LogP contribution is -2.32. The molecule has 1 aromatic heterocycles. The molecule has 3 rings (SSSR count). The highest BCUT2D eigenvalue weighted by atomic mass is 16.5. The van der Waals surface area contributed by atoms with Gasteiger partial charge in [0.2, 0.25) is 5.88 Å². The van der Waals surface area contributed by atoms with E-state index in [2.05, 4.69) is 4.98 Å². The molecule has 2 heterocycles. The molecule has 0 radical (unpaired) electrons. The second-order valence-corrected chi connectivity index (χ2v) is 4.26. The van der Waals surface area contributed by atoms with Crippen LogP contribution in [-0.2, 0) is 0 Å². The number of fused-ring (bicyclic) bond motifs is 1. The number of nitrogens with zero attached hydrogens (tertiary/aromatic N) is 2. The van der Waals surface area contributed by atoms with E-state index in [4.69, 9.17) is 10.5 Å². The zero-order valence-corrected chi connectivity index (χ0v) is 10.2. The standard InChI is InChI=1S/C14H13N3O2/c15-10-8-12-13(16-9-10)19-7-6-17(14(12)18)11-4-2-1-3-5-11/h1-5,8-9H,6-7,15H2. The molecule has 0 unspecified atom stereocenters. The van der Waals surface area contributed by atoms with Gasteiger partial charge in [-0.3, -0.25) is 4.79 Å². The summed E-state index contributed by atoms with van der Waals surface area (Å²) in [4.78, 5) is 18.3. The first kappa shape index (κ1) is 11.5. The Kier molecular flexibility index (Phi) is 2.79. The molecule has 0 saturated heterocycles. The Morgan fingerprint density at radius 1 is 1.26 bits per heavy atom. The van der Waals surface area contributed by atoms with E-state index >= 15 is 0 Å². The fourth-order valence-electron chi connectivity index (χ4n) is 2.07. The summed E-state index contributed by atoms with van der Waals surface area (Å²) in [5.74, 6) is 0.205. The maximum atomic E-state index is 12.5. The molecule has 5 heteroatoms. The molecule has 0 atom stereocenters. The van der Waals surface area contributed by atoms with Crippen LogP contribution in [0.15, 0.2) is 42.6 Å². The number of hydrogen-bond donors (Lipinski definition) is 1. The van der Waals surface area contributed by atoms with E-state index < -0.39 is 0 Å². The van der Waals surface area contributed by atoms with Crippen molar-refractivity contribution in [3.8, 4) is 5.88 Å². The number of para-hydroxylation sites is 1. The molecule has 0 saturated carbocycles. The van der Waals surface area contributed by atoms with Gasteiger partial charge in [-0.2, -0.15) is 0 Å². The van der Waals surface area contributed by atoms with Gasteiger partial charge in [0.1, 0.15) is 12.2 Å². The summed E-state index contributed by atoms with van der Waals surface area (Å²) in [6, 6.07) is 11.1. The van der Waals surface area contributed by atoms with E-state index in [0.717, 1.165) is 5.69 Å². The van der Waals surface area contributed by atoms with E-state index in [-0.39, 0.29) is 5.91 Å². The van der Waals surface area contributed by atoms with E-state index in [1.807, 2.05) is 30.3 Å². The predicted molar refractivity (Wildman–Crippen MR) is 72.3 cm³/mol. The van der Waals surface area contributed by atoms with Gasteiger partial charge in [-0.1, -0.05) is 18.2 Å². The van der Waals surface area contributed by atoms with Gasteiger partial charge in [0.15, 0.2) is 0 Å². The van der Waals surface area contributed by atoms with Gasteiger partial charge in [0.25, 0.3) is 5.91 Å². The lowest BCUT2D eigenvalue weighted by atomic mass is 10.2. The van der Waals surface area contributed by atoms with Gasteiger partial charge < -0.3 is 15.4 Å². The molecule has 2 N–H and O–H groups in total. The number of pyridine rings is 1. The predicted octanol–water partition coefficient (Wildman–Crippen LogP) is 1.70. The van der Waals surface area contributed by atoms with Crippen molar-refractivity contribution in [1.82, 2.24) is 4.98 Å². The number of aromatic nitrogens is 1. The van der Waals surface area contributed by atoms with Crippen molar-refractivity contribution < 1.29 is 9.53 Å². The summed E-state index contributed by atoms with van der Waals surface area (Å²) < 4.78 is 5.50. The minimum absolute atomic E-state index is 0.140. The van der Waals surface area contributed by atoms with Crippen LogP contribution in [0.3, 0.4) is 0 Å². The fraction of sp³-hybridized carbons (Fsp3) is 0.143. The SMILES string of the molecule is Nc1cnc2c(c1)C(=O)N(c1ccccc1)CCO2. The minimum Gasteiger partial charge on any atom is -0.475 e. The molecule has 0 spiro atoms. The zero-order valence-electron chi connectivity index (χ0n) is 10.2. The quantitative estimate of drug-likeness (QED) is 0.842. The first-order chi connectivity index (χ1) is 9.25. The summed E-state index contributed by atoms with van der Waals surface area (Å²) in [6.07, 6.45) is 1.49. The fourth-order valence-corrected chi connectivity index (χ4v) is 2.07. The number of rotatable bonds is 1. The number of ether oxygens (including phenoxy) is 1. The lowest BCUT2D eigenvalue weighted by molar-refractivity contribution is 0.0989. The first-order valence-corrected chi connectivity index (χ1v) is 6.01. The third-order valence-corrected chi connectivity index (χ3v) is 2.97. The summed E-state index contributed by atoms with van der Waals surface area (Å²) in [5, 5.41) is 0. The van der Waals surface area contributed by atoms with E-state index in [1.54, 1.807) is 11.0 Å². The molecule has 0 aliphatic carbocycles. The molecule has 1 amide bonds. The van der Waals surface area contributed by atoms with Crippen molar-refractivity contribution in [2.75, 3.05) is 23.8 Å². The molecule has 1 aromatic carbocycles. The van der Waals surface area contributed by atoms with E-state index in [1.165, 1.54) is 6.20 Å². The topological polar surface area (TPSA) is 68.5 Å². The van der Waals surface area contributed by atoms with Crippen molar-refractivity contribution >= 4 is 17.3 Å². The number of nitrogen functional groups attached to an aromatic ring is 1. The van der Waals surface area contributed by atoms with Gasteiger partial charge in [-0.15, -0.1) is 0 Å². The number of benzene rings is 1. The van der Waals surface area contributed by atoms with Crippen molar-refractivity contribution in [1.29, 1.82) is 0 Å². The van der Waals surface area contributed by atoms with Crippen LogP contribution in [0, 0.1) is 0 Å². The molecule has 1 aliphatic rings. The third-order valence-electron chi connectivity index (χ3n) is 2.97. The van der Waals surface area contributed by atoms with Crippen LogP contribution in [0.1, 0.15) is 10.4 Å². The third kappa shape index (κ3) is 2.10. The first-order valence-electron chi connectivity index (χ1n) is 6.01. The number of carbonyl (C=O) groups excluding carboxylic acids is 1. The number of nitrogens with two attached hydrogens (primary N) is 1. The van der Waals surface area contributed by atoms with Crippen molar-refractivity contribution in [2.24, 2.45) is 0 Å². The monoisotopic (exact) mass is 255 g/mol. The van der Waals surface area contributed by atoms with Gasteiger partial charge >= 0.3 is 0 Å². The molecule has 0 bridgehead atoms. The number of hydrogen-bond acceptors (Lipinski definition) is 4. The molecule has 96 valence electrons. The highest BCUT2D eigenvalue weighted by Crippen LogP contribution is 2.25. The lowest BCUT2D eigenvalue weighted by Gasteiger charge is -2.19. The zero-order chi connectivity index (χ0) is 13.2. The average Bonchev–Trinajstić information content (AvgIpc) is 2.60. The van der Waals surface area contributed by atoms with Crippen LogP contribution in [0.25, 0.3) is 0 Å². The van der Waals surface area contributed by atoms with Crippen molar-refractivity contribution in [2.45, 2.75) is 0 Å². The Morgan fingerprint density at radius 3 is 2.84 bits per heavy atom. The Morgan fingerprint density at radius 2 is 2.05 bits per heavy atom. The Bertz CT molecular complexity index is 613. The van der Waals surface area contributed by atoms with Gasteiger partial charge in [0, 0.05) is 5.69 Å². The molecule has 2 aromatic rings. The van der Waals surface area contributed by atoms with Crippen LogP contribution in [0.2, 0.25) is 0 Å². The second kappa shape index (κ2) is 4.61. The number of anilines is 2. The van der Waals surface area contributed by atoms with Gasteiger partial charge in [-0.05, 0) is 18.2 Å². The van der Waals surface area contributed by atoms with Gasteiger partial charge in [0.05, 0.1) is 18.4 Å². The number of carbonyl (C=O) groups is 1. The normalized spacial score (nSPS) is 14.5. The molecule has 0 fully saturated rings. The molecular weight excluding hydrogens is 242 g/mol. The second-order valence-electron chi connectivity index (χ2n) is 4.26. The molecular formula is C14H13N3O2. The Hall–Kier alpha value is -2.56. The van der Waals surface area contributed by atoms with Crippen LogP contribution < -0.4 is 15.4 Å². The number of amides is 1. The molecule has 5 nitrogen and oxygen atoms in total. The van der Waals surface area contributed by atoms with E-state index in [9.17, 15) is 4.79 Å². The maximum Gasteiger partial charge on any atom is 0.263 e. The summed E-state index contributed by atoms with van der Waals surface area (Å²) in [5.41, 5.74) is 7.38. The van der Waals surface area contributed by atoms with Crippen molar-refractivity contribution in [3.63, 3.8) is 0 Å². The Labute approximate surface area is 110 Å². The maximum absolute atomic E-state index is 12.5. The van der Waals surface area contributed by atoms with Gasteiger partial charge in [-0.25, -0.2) is 4.98 Å². The van der Waals surface area contributed by atoms with Crippen LogP contribution in [-0.4, -0.2) is 24.0 Å².